The predicted octanol–water partition coefficient (Wildman–Crippen LogP) is 0.930. The van der Waals surface area contributed by atoms with Gasteiger partial charge >= 0.3 is 0 Å². The first-order chi connectivity index (χ1) is 13.0. The van der Waals surface area contributed by atoms with E-state index in [1.54, 1.807) is 20.9 Å². The molecule has 0 bridgehead atoms. The lowest BCUT2D eigenvalue weighted by atomic mass is 10.2. The summed E-state index contributed by atoms with van der Waals surface area (Å²) >= 11 is 0. The molecule has 28 heavy (non-hydrogen) atoms. The van der Waals surface area contributed by atoms with Crippen LogP contribution in [0.1, 0.15) is 27.4 Å². The van der Waals surface area contributed by atoms with Gasteiger partial charge in [-0.2, -0.15) is 0 Å². The molecule has 9 nitrogen and oxygen atoms in total. The third kappa shape index (κ3) is 4.76. The fraction of sp³-hybridized carbons (Fsp3) is 0.389. The summed E-state index contributed by atoms with van der Waals surface area (Å²) in [4.78, 5) is 26.1. The van der Waals surface area contributed by atoms with Crippen molar-refractivity contribution in [3.63, 3.8) is 0 Å². The molecule has 2 aromatic rings. The van der Waals surface area contributed by atoms with Crippen molar-refractivity contribution in [3.05, 3.63) is 46.8 Å². The van der Waals surface area contributed by atoms with Crippen LogP contribution in [0.5, 0.6) is 0 Å². The number of hydrogen-bond donors (Lipinski definition) is 1. The lowest BCUT2D eigenvalue weighted by Gasteiger charge is -2.17. The van der Waals surface area contributed by atoms with Crippen molar-refractivity contribution in [2.45, 2.75) is 25.3 Å². The van der Waals surface area contributed by atoms with Gasteiger partial charge in [-0.05, 0) is 32.0 Å². The number of hydrogen-bond acceptors (Lipinski definition) is 6. The highest BCUT2D eigenvalue weighted by atomic mass is 32.2. The molecule has 2 rings (SSSR count). The topological polar surface area (TPSA) is 113 Å². The molecule has 1 aromatic heterocycles. The van der Waals surface area contributed by atoms with E-state index in [9.17, 15) is 18.0 Å². The van der Waals surface area contributed by atoms with E-state index in [1.807, 2.05) is 0 Å². The van der Waals surface area contributed by atoms with Crippen molar-refractivity contribution in [1.29, 1.82) is 0 Å². The zero-order chi connectivity index (χ0) is 21.1. The summed E-state index contributed by atoms with van der Waals surface area (Å²) in [5, 5.41) is 6.37. The molecular weight excluding hydrogens is 384 g/mol. The van der Waals surface area contributed by atoms with Gasteiger partial charge < -0.3 is 14.7 Å². The maximum Gasteiger partial charge on any atom is 0.251 e. The van der Waals surface area contributed by atoms with Crippen molar-refractivity contribution in [2.24, 2.45) is 0 Å². The molecule has 0 aliphatic carbocycles. The average molecular weight is 408 g/mol. The number of carbonyl (C=O) groups is 2. The van der Waals surface area contributed by atoms with Crippen molar-refractivity contribution >= 4 is 21.8 Å². The van der Waals surface area contributed by atoms with Crippen LogP contribution in [0.15, 0.2) is 33.7 Å². The second-order valence-corrected chi connectivity index (χ2v) is 8.70. The highest BCUT2D eigenvalue weighted by molar-refractivity contribution is 7.89. The first-order valence-corrected chi connectivity index (χ1v) is 9.94. The first kappa shape index (κ1) is 21.6. The number of sulfonamides is 1. The monoisotopic (exact) mass is 408 g/mol. The summed E-state index contributed by atoms with van der Waals surface area (Å²) < 4.78 is 30.5. The normalized spacial score (nSPS) is 11.5. The third-order valence-electron chi connectivity index (χ3n) is 4.28. The van der Waals surface area contributed by atoms with Crippen molar-refractivity contribution in [1.82, 2.24) is 19.7 Å². The molecule has 0 unspecified atom stereocenters. The van der Waals surface area contributed by atoms with E-state index < -0.39 is 15.9 Å². The van der Waals surface area contributed by atoms with Gasteiger partial charge in [-0.25, -0.2) is 12.7 Å². The highest BCUT2D eigenvalue weighted by Gasteiger charge is 2.20. The molecule has 0 spiro atoms. The largest absolute Gasteiger partial charge is 0.361 e. The second kappa shape index (κ2) is 8.53. The number of rotatable bonds is 7. The molecule has 0 atom stereocenters. The average Bonchev–Trinajstić information content (AvgIpc) is 2.97. The number of aromatic nitrogens is 1. The third-order valence-corrected chi connectivity index (χ3v) is 6.09. The number of nitrogens with one attached hydrogen (secondary N) is 1. The van der Waals surface area contributed by atoms with Gasteiger partial charge in [0.05, 0.1) is 23.7 Å². The lowest BCUT2D eigenvalue weighted by molar-refractivity contribution is -0.129. The minimum atomic E-state index is -3.65. The van der Waals surface area contributed by atoms with Crippen LogP contribution < -0.4 is 5.32 Å². The summed E-state index contributed by atoms with van der Waals surface area (Å²) in [7, 11) is 0.789. The molecule has 0 saturated heterocycles. The van der Waals surface area contributed by atoms with Crippen LogP contribution >= 0.6 is 0 Å². The Morgan fingerprint density at radius 2 is 1.86 bits per heavy atom. The van der Waals surface area contributed by atoms with E-state index in [4.69, 9.17) is 4.52 Å². The van der Waals surface area contributed by atoms with Crippen LogP contribution in [0.2, 0.25) is 0 Å². The molecule has 0 fully saturated rings. The van der Waals surface area contributed by atoms with Gasteiger partial charge in [-0.3, -0.25) is 9.59 Å². The summed E-state index contributed by atoms with van der Waals surface area (Å²) in [6.45, 7) is 3.65. The predicted molar refractivity (Wildman–Crippen MR) is 102 cm³/mol. The standard InChI is InChI=1S/C18H24N4O5S/c1-12-16(13(2)27-20-12)11-22(5)17(23)10-19-18(24)14-7-6-8-15(9-14)28(25,26)21(3)4/h6-9H,10-11H2,1-5H3,(H,19,24). The van der Waals surface area contributed by atoms with Crippen molar-refractivity contribution in [3.8, 4) is 0 Å². The van der Waals surface area contributed by atoms with Gasteiger partial charge in [0, 0.05) is 32.3 Å². The van der Waals surface area contributed by atoms with E-state index in [2.05, 4.69) is 10.5 Å². The Morgan fingerprint density at radius 1 is 1.18 bits per heavy atom. The Kier molecular flexibility index (Phi) is 6.57. The highest BCUT2D eigenvalue weighted by Crippen LogP contribution is 2.15. The zero-order valence-corrected chi connectivity index (χ0v) is 17.3. The second-order valence-electron chi connectivity index (χ2n) is 6.55. The molecule has 0 aliphatic heterocycles. The molecule has 152 valence electrons. The number of carbonyl (C=O) groups excluding carboxylic acids is 2. The number of aryl methyl sites for hydroxylation is 2. The zero-order valence-electron chi connectivity index (χ0n) is 16.5. The SMILES string of the molecule is Cc1noc(C)c1CN(C)C(=O)CNC(=O)c1cccc(S(=O)(=O)N(C)C)c1. The Bertz CT molecular complexity index is 962. The molecule has 1 N–H and O–H groups in total. The fourth-order valence-electron chi connectivity index (χ4n) is 2.45. The van der Waals surface area contributed by atoms with Gasteiger partial charge in [-0.15, -0.1) is 0 Å². The Hall–Kier alpha value is -2.72. The quantitative estimate of drug-likeness (QED) is 0.729. The van der Waals surface area contributed by atoms with E-state index in [-0.39, 0.29) is 22.9 Å². The minimum Gasteiger partial charge on any atom is -0.361 e. The molecule has 2 amide bonds. The van der Waals surface area contributed by atoms with Crippen LogP contribution in [-0.4, -0.2) is 62.3 Å². The lowest BCUT2D eigenvalue weighted by Crippen LogP contribution is -2.38. The summed E-state index contributed by atoms with van der Waals surface area (Å²) in [5.41, 5.74) is 1.69. The van der Waals surface area contributed by atoms with E-state index in [1.165, 1.54) is 43.3 Å². The van der Waals surface area contributed by atoms with E-state index >= 15 is 0 Å². The Balaban J connectivity index is 2.01. The number of nitrogens with zero attached hydrogens (tertiary/aromatic N) is 3. The summed E-state index contributed by atoms with van der Waals surface area (Å²) in [5.74, 6) is -0.194. The van der Waals surface area contributed by atoms with Crippen LogP contribution in [0.25, 0.3) is 0 Å². The first-order valence-electron chi connectivity index (χ1n) is 8.50. The molecular formula is C18H24N4O5S. The van der Waals surface area contributed by atoms with Gasteiger partial charge in [-0.1, -0.05) is 11.2 Å². The van der Waals surface area contributed by atoms with Crippen molar-refractivity contribution < 1.29 is 22.5 Å². The molecule has 0 radical (unpaired) electrons. The fourth-order valence-corrected chi connectivity index (χ4v) is 3.40. The van der Waals surface area contributed by atoms with Crippen molar-refractivity contribution in [2.75, 3.05) is 27.7 Å². The molecule has 0 aliphatic rings. The summed E-state index contributed by atoms with van der Waals surface area (Å²) in [6.07, 6.45) is 0. The van der Waals surface area contributed by atoms with Gasteiger partial charge in [0.25, 0.3) is 5.91 Å². The molecule has 1 heterocycles. The van der Waals surface area contributed by atoms with Crippen LogP contribution in [0, 0.1) is 13.8 Å². The van der Waals surface area contributed by atoms with Crippen LogP contribution in [0.3, 0.4) is 0 Å². The Morgan fingerprint density at radius 3 is 2.43 bits per heavy atom. The van der Waals surface area contributed by atoms with Gasteiger partial charge in [0.2, 0.25) is 15.9 Å². The maximum atomic E-state index is 12.3. The maximum absolute atomic E-state index is 12.3. The van der Waals surface area contributed by atoms with Crippen LogP contribution in [-0.2, 0) is 21.4 Å². The smallest absolute Gasteiger partial charge is 0.251 e. The van der Waals surface area contributed by atoms with E-state index in [0.717, 1.165) is 9.87 Å². The van der Waals surface area contributed by atoms with E-state index in [0.29, 0.717) is 18.0 Å². The molecule has 1 aromatic carbocycles. The van der Waals surface area contributed by atoms with Gasteiger partial charge in [0.15, 0.2) is 0 Å². The number of amides is 2. The number of likely N-dealkylation sites (N-methyl/N-ethyl adjacent to an activating group) is 1. The Labute approximate surface area is 164 Å². The minimum absolute atomic E-state index is 0.00648. The number of benzene rings is 1. The summed E-state index contributed by atoms with van der Waals surface area (Å²) in [6, 6.07) is 5.66. The molecule has 10 heteroatoms. The molecule has 0 saturated carbocycles. The van der Waals surface area contributed by atoms with Gasteiger partial charge in [0.1, 0.15) is 5.76 Å². The van der Waals surface area contributed by atoms with Crippen LogP contribution in [0.4, 0.5) is 0 Å².